The quantitative estimate of drug-likeness (QED) is 0.826. The molecule has 0 amide bonds. The lowest BCUT2D eigenvalue weighted by Crippen LogP contribution is -2.08. The Balaban J connectivity index is 2.14. The zero-order chi connectivity index (χ0) is 14.5. The highest BCUT2D eigenvalue weighted by atomic mass is 79.9. The van der Waals surface area contributed by atoms with Gasteiger partial charge in [-0.1, -0.05) is 66.2 Å². The van der Waals surface area contributed by atoms with Crippen molar-refractivity contribution >= 4 is 15.9 Å². The summed E-state index contributed by atoms with van der Waals surface area (Å²) in [7, 11) is 0. The highest BCUT2D eigenvalue weighted by Crippen LogP contribution is 2.24. The summed E-state index contributed by atoms with van der Waals surface area (Å²) in [5.74, 6) is 0.708. The van der Waals surface area contributed by atoms with E-state index in [1.54, 1.807) is 0 Å². The molecule has 106 valence electrons. The van der Waals surface area contributed by atoms with Crippen molar-refractivity contribution in [2.75, 3.05) is 6.61 Å². The summed E-state index contributed by atoms with van der Waals surface area (Å²) in [5.41, 5.74) is 3.81. The maximum atomic E-state index is 9.66. The van der Waals surface area contributed by atoms with Gasteiger partial charge in [-0.15, -0.1) is 0 Å². The zero-order valence-electron chi connectivity index (χ0n) is 12.0. The molecule has 0 bridgehead atoms. The van der Waals surface area contributed by atoms with E-state index in [4.69, 9.17) is 0 Å². The molecule has 0 aliphatic heterocycles. The van der Waals surface area contributed by atoms with Crippen molar-refractivity contribution in [1.29, 1.82) is 0 Å². The molecule has 1 N–H and O–H groups in total. The van der Waals surface area contributed by atoms with Crippen LogP contribution in [-0.4, -0.2) is 11.7 Å². The first kappa shape index (κ1) is 15.3. The van der Waals surface area contributed by atoms with Gasteiger partial charge in [0.25, 0.3) is 0 Å². The van der Waals surface area contributed by atoms with E-state index in [2.05, 4.69) is 66.2 Å². The van der Waals surface area contributed by atoms with Crippen LogP contribution in [0.1, 0.15) is 42.4 Å². The van der Waals surface area contributed by atoms with E-state index in [9.17, 15) is 5.11 Å². The first-order valence-electron chi connectivity index (χ1n) is 7.05. The Hall–Kier alpha value is -1.12. The average Bonchev–Trinajstić information content (AvgIpc) is 2.45. The van der Waals surface area contributed by atoms with E-state index < -0.39 is 0 Å². The molecule has 0 aromatic heterocycles. The molecular formula is C18H21BrO. The van der Waals surface area contributed by atoms with Gasteiger partial charge in [0.15, 0.2) is 0 Å². The third-order valence-electron chi connectivity index (χ3n) is 3.67. The number of rotatable bonds is 5. The Morgan fingerprint density at radius 3 is 2.25 bits per heavy atom. The molecule has 2 heteroatoms. The lowest BCUT2D eigenvalue weighted by Gasteiger charge is -2.16. The van der Waals surface area contributed by atoms with Crippen LogP contribution in [0.5, 0.6) is 0 Å². The van der Waals surface area contributed by atoms with Crippen molar-refractivity contribution in [2.24, 2.45) is 0 Å². The standard InChI is InChI=1S/C18H21BrO/c1-13(2)15-8-6-14(7-9-15)10-17(12-20)16-4-3-5-18(19)11-16/h3-9,11,13,17,20H,10,12H2,1-2H3. The molecule has 2 aromatic rings. The fourth-order valence-electron chi connectivity index (χ4n) is 2.37. The summed E-state index contributed by atoms with van der Waals surface area (Å²) in [6.07, 6.45) is 0.866. The molecule has 2 aromatic carbocycles. The minimum atomic E-state index is 0.150. The Morgan fingerprint density at radius 1 is 1.00 bits per heavy atom. The van der Waals surface area contributed by atoms with Gasteiger partial charge in [-0.05, 0) is 41.2 Å². The lowest BCUT2D eigenvalue weighted by atomic mass is 9.91. The fraction of sp³-hybridized carbons (Fsp3) is 0.333. The van der Waals surface area contributed by atoms with Crippen LogP contribution in [0, 0.1) is 0 Å². The highest BCUT2D eigenvalue weighted by Gasteiger charge is 2.12. The molecule has 0 aliphatic carbocycles. The lowest BCUT2D eigenvalue weighted by molar-refractivity contribution is 0.264. The Morgan fingerprint density at radius 2 is 1.70 bits per heavy atom. The molecule has 20 heavy (non-hydrogen) atoms. The summed E-state index contributed by atoms with van der Waals surface area (Å²) in [6.45, 7) is 4.57. The van der Waals surface area contributed by atoms with E-state index in [1.807, 2.05) is 12.1 Å². The molecule has 0 saturated heterocycles. The normalized spacial score (nSPS) is 12.7. The molecule has 2 rings (SSSR count). The largest absolute Gasteiger partial charge is 0.396 e. The summed E-state index contributed by atoms with van der Waals surface area (Å²) in [6, 6.07) is 16.9. The molecule has 0 fully saturated rings. The molecular weight excluding hydrogens is 312 g/mol. The first-order chi connectivity index (χ1) is 9.60. The van der Waals surface area contributed by atoms with Gasteiger partial charge in [0.2, 0.25) is 0 Å². The van der Waals surface area contributed by atoms with E-state index in [0.717, 1.165) is 10.9 Å². The topological polar surface area (TPSA) is 20.2 Å². The van der Waals surface area contributed by atoms with Crippen molar-refractivity contribution < 1.29 is 5.11 Å². The van der Waals surface area contributed by atoms with Crippen LogP contribution in [0.25, 0.3) is 0 Å². The predicted octanol–water partition coefficient (Wildman–Crippen LogP) is 4.89. The van der Waals surface area contributed by atoms with Gasteiger partial charge in [-0.2, -0.15) is 0 Å². The van der Waals surface area contributed by atoms with Crippen molar-refractivity contribution in [3.63, 3.8) is 0 Å². The molecule has 1 atom stereocenters. The molecule has 0 radical (unpaired) electrons. The van der Waals surface area contributed by atoms with Crippen LogP contribution in [-0.2, 0) is 6.42 Å². The number of aliphatic hydroxyl groups excluding tert-OH is 1. The van der Waals surface area contributed by atoms with E-state index in [1.165, 1.54) is 16.7 Å². The summed E-state index contributed by atoms with van der Waals surface area (Å²) in [4.78, 5) is 0. The molecule has 0 spiro atoms. The second-order valence-corrected chi connectivity index (χ2v) is 6.45. The van der Waals surface area contributed by atoms with Gasteiger partial charge < -0.3 is 5.11 Å². The fourth-order valence-corrected chi connectivity index (χ4v) is 2.79. The van der Waals surface area contributed by atoms with Crippen LogP contribution in [0.4, 0.5) is 0 Å². The third kappa shape index (κ3) is 3.94. The van der Waals surface area contributed by atoms with Gasteiger partial charge in [-0.25, -0.2) is 0 Å². The number of benzene rings is 2. The maximum Gasteiger partial charge on any atom is 0.0502 e. The van der Waals surface area contributed by atoms with Gasteiger partial charge in [-0.3, -0.25) is 0 Å². The summed E-state index contributed by atoms with van der Waals surface area (Å²) >= 11 is 3.49. The van der Waals surface area contributed by atoms with Gasteiger partial charge >= 0.3 is 0 Å². The molecule has 0 heterocycles. The smallest absolute Gasteiger partial charge is 0.0502 e. The van der Waals surface area contributed by atoms with Crippen LogP contribution < -0.4 is 0 Å². The number of aliphatic hydroxyl groups is 1. The van der Waals surface area contributed by atoms with Crippen molar-refractivity contribution in [3.8, 4) is 0 Å². The zero-order valence-corrected chi connectivity index (χ0v) is 13.6. The van der Waals surface area contributed by atoms with Crippen molar-refractivity contribution in [3.05, 3.63) is 69.7 Å². The maximum absolute atomic E-state index is 9.66. The SMILES string of the molecule is CC(C)c1ccc(CC(CO)c2cccc(Br)c2)cc1. The Labute approximate surface area is 129 Å². The number of hydrogen-bond donors (Lipinski definition) is 1. The van der Waals surface area contributed by atoms with Crippen LogP contribution in [0.15, 0.2) is 53.0 Å². The molecule has 0 saturated carbocycles. The van der Waals surface area contributed by atoms with Crippen LogP contribution in [0.2, 0.25) is 0 Å². The summed E-state index contributed by atoms with van der Waals surface area (Å²) in [5, 5.41) is 9.66. The molecule has 1 nitrogen and oxygen atoms in total. The number of hydrogen-bond acceptors (Lipinski definition) is 1. The van der Waals surface area contributed by atoms with Crippen molar-refractivity contribution in [2.45, 2.75) is 32.1 Å². The third-order valence-corrected chi connectivity index (χ3v) is 4.16. The van der Waals surface area contributed by atoms with Gasteiger partial charge in [0, 0.05) is 10.4 Å². The van der Waals surface area contributed by atoms with Gasteiger partial charge in [0.05, 0.1) is 6.61 Å². The molecule has 0 aliphatic rings. The summed E-state index contributed by atoms with van der Waals surface area (Å²) < 4.78 is 1.06. The minimum Gasteiger partial charge on any atom is -0.396 e. The van der Waals surface area contributed by atoms with Crippen LogP contribution >= 0.6 is 15.9 Å². The predicted molar refractivity (Wildman–Crippen MR) is 88.2 cm³/mol. The Bertz CT molecular complexity index is 546. The van der Waals surface area contributed by atoms with E-state index in [0.29, 0.717) is 5.92 Å². The average molecular weight is 333 g/mol. The van der Waals surface area contributed by atoms with Gasteiger partial charge in [0.1, 0.15) is 0 Å². The second kappa shape index (κ2) is 7.05. The number of halogens is 1. The highest BCUT2D eigenvalue weighted by molar-refractivity contribution is 9.10. The van der Waals surface area contributed by atoms with E-state index in [-0.39, 0.29) is 12.5 Å². The van der Waals surface area contributed by atoms with E-state index >= 15 is 0 Å². The Kier molecular flexibility index (Phi) is 5.38. The van der Waals surface area contributed by atoms with Crippen molar-refractivity contribution in [1.82, 2.24) is 0 Å². The minimum absolute atomic E-state index is 0.150. The monoisotopic (exact) mass is 332 g/mol. The van der Waals surface area contributed by atoms with Crippen LogP contribution in [0.3, 0.4) is 0 Å². The molecule has 1 unspecified atom stereocenters. The first-order valence-corrected chi connectivity index (χ1v) is 7.84. The second-order valence-electron chi connectivity index (χ2n) is 5.53.